The summed E-state index contributed by atoms with van der Waals surface area (Å²) in [4.78, 5) is 18.2. The van der Waals surface area contributed by atoms with E-state index >= 15 is 0 Å². The predicted octanol–water partition coefficient (Wildman–Crippen LogP) is 1.75. The summed E-state index contributed by atoms with van der Waals surface area (Å²) in [5.74, 6) is -0.0942. The molecule has 1 aromatic rings. The predicted molar refractivity (Wildman–Crippen MR) is 56.6 cm³/mol. The number of nitrogens with zero attached hydrogens (tertiary/aromatic N) is 1. The van der Waals surface area contributed by atoms with Crippen LogP contribution in [0, 0.1) is 3.70 Å². The van der Waals surface area contributed by atoms with Crippen molar-refractivity contribution in [2.75, 3.05) is 6.61 Å². The van der Waals surface area contributed by atoms with Crippen molar-refractivity contribution in [1.82, 2.24) is 9.97 Å². The number of carbonyl (C=O) groups is 1. The molecule has 1 heterocycles. The summed E-state index contributed by atoms with van der Waals surface area (Å²) in [6.45, 7) is 4.15. The molecule has 0 fully saturated rings. The number of ether oxygens (including phenoxy) is 1. The number of nitrogens with one attached hydrogen (secondary N) is 1. The van der Waals surface area contributed by atoms with Gasteiger partial charge in [-0.15, -0.1) is 0 Å². The molecule has 0 aliphatic carbocycles. The minimum atomic E-state index is -0.389. The second-order valence-electron chi connectivity index (χ2n) is 2.43. The molecule has 0 aliphatic rings. The van der Waals surface area contributed by atoms with E-state index in [4.69, 9.17) is 4.74 Å². The quantitative estimate of drug-likeness (QED) is 0.682. The van der Waals surface area contributed by atoms with Gasteiger partial charge >= 0.3 is 5.97 Å². The van der Waals surface area contributed by atoms with Crippen LogP contribution < -0.4 is 0 Å². The monoisotopic (exact) mass is 294 g/mol. The minimum Gasteiger partial charge on any atom is -0.460 e. The van der Waals surface area contributed by atoms with Crippen LogP contribution in [0.2, 0.25) is 0 Å². The lowest BCUT2D eigenvalue weighted by atomic mass is 10.4. The number of carbonyl (C=O) groups excluding carboxylic acids is 1. The second kappa shape index (κ2) is 4.59. The van der Waals surface area contributed by atoms with Crippen molar-refractivity contribution < 1.29 is 9.53 Å². The van der Waals surface area contributed by atoms with Gasteiger partial charge in [-0.25, -0.2) is 9.78 Å². The Hall–Kier alpha value is -0.590. The Morgan fingerprint density at radius 2 is 2.31 bits per heavy atom. The second-order valence-corrected chi connectivity index (χ2v) is 3.45. The third-order valence-electron chi connectivity index (χ3n) is 1.55. The molecule has 4 nitrogen and oxygen atoms in total. The van der Waals surface area contributed by atoms with Crippen LogP contribution in [0.3, 0.4) is 0 Å². The van der Waals surface area contributed by atoms with Gasteiger partial charge < -0.3 is 9.72 Å². The number of esters is 1. The number of aryl methyl sites for hydroxylation is 1. The van der Waals surface area contributed by atoms with E-state index in [0.717, 1.165) is 15.8 Å². The molecule has 0 aromatic carbocycles. The maximum atomic E-state index is 11.2. The van der Waals surface area contributed by atoms with Crippen LogP contribution >= 0.6 is 22.6 Å². The Morgan fingerprint density at radius 3 is 2.77 bits per heavy atom. The number of rotatable bonds is 3. The van der Waals surface area contributed by atoms with E-state index in [0.29, 0.717) is 12.4 Å². The Balaban J connectivity index is 2.84. The number of aromatic amines is 1. The van der Waals surface area contributed by atoms with E-state index in [1.165, 1.54) is 0 Å². The van der Waals surface area contributed by atoms with Gasteiger partial charge in [-0.1, -0.05) is 6.92 Å². The van der Waals surface area contributed by atoms with Gasteiger partial charge in [0.25, 0.3) is 0 Å². The number of hydrogen-bond donors (Lipinski definition) is 1. The normalized spacial score (nSPS) is 10.1. The van der Waals surface area contributed by atoms with Gasteiger partial charge in [-0.2, -0.15) is 0 Å². The number of hydrogen-bond acceptors (Lipinski definition) is 3. The van der Waals surface area contributed by atoms with E-state index in [2.05, 4.69) is 32.6 Å². The van der Waals surface area contributed by atoms with Gasteiger partial charge in [-0.3, -0.25) is 0 Å². The molecule has 0 spiro atoms. The Kier molecular flexibility index (Phi) is 3.71. The minimum absolute atomic E-state index is 0.295. The zero-order chi connectivity index (χ0) is 9.84. The Morgan fingerprint density at radius 1 is 1.62 bits per heavy atom. The van der Waals surface area contributed by atoms with Gasteiger partial charge in [0, 0.05) is 5.69 Å². The molecule has 1 rings (SSSR count). The maximum absolute atomic E-state index is 11.2. The van der Waals surface area contributed by atoms with E-state index in [1.54, 1.807) is 6.92 Å². The smallest absolute Gasteiger partial charge is 0.374 e. The topological polar surface area (TPSA) is 55.0 Å². The highest BCUT2D eigenvalue weighted by Gasteiger charge is 2.13. The number of halogens is 1. The van der Waals surface area contributed by atoms with E-state index < -0.39 is 0 Å². The molecular weight excluding hydrogens is 283 g/mol. The Labute approximate surface area is 90.2 Å². The van der Waals surface area contributed by atoms with Crippen molar-refractivity contribution in [3.8, 4) is 0 Å². The summed E-state index contributed by atoms with van der Waals surface area (Å²) in [5, 5.41) is 0. The first-order valence-electron chi connectivity index (χ1n) is 4.10. The van der Waals surface area contributed by atoms with Gasteiger partial charge in [0.2, 0.25) is 5.82 Å². The summed E-state index contributed by atoms with van der Waals surface area (Å²) in [6, 6.07) is 0. The van der Waals surface area contributed by atoms with Crippen molar-refractivity contribution in [3.05, 3.63) is 15.2 Å². The van der Waals surface area contributed by atoms with Gasteiger partial charge in [0.15, 0.2) is 0 Å². The van der Waals surface area contributed by atoms with Crippen molar-refractivity contribution >= 4 is 28.6 Å². The number of imidazole rings is 1. The first-order valence-corrected chi connectivity index (χ1v) is 5.18. The molecule has 0 unspecified atom stereocenters. The lowest BCUT2D eigenvalue weighted by Gasteiger charge is -1.95. The van der Waals surface area contributed by atoms with Crippen LogP contribution in [0.1, 0.15) is 30.2 Å². The molecule has 0 saturated carbocycles. The molecule has 5 heteroatoms. The maximum Gasteiger partial charge on any atom is 0.374 e. The molecule has 0 radical (unpaired) electrons. The molecule has 13 heavy (non-hydrogen) atoms. The molecule has 0 aliphatic heterocycles. The van der Waals surface area contributed by atoms with Crippen LogP contribution in [0.5, 0.6) is 0 Å². The third-order valence-corrected chi connectivity index (χ3v) is 2.44. The fourth-order valence-corrected chi connectivity index (χ4v) is 1.68. The van der Waals surface area contributed by atoms with Gasteiger partial charge in [0.05, 0.1) is 6.61 Å². The van der Waals surface area contributed by atoms with Gasteiger partial charge in [-0.05, 0) is 35.9 Å². The van der Waals surface area contributed by atoms with Crippen LogP contribution in [0.25, 0.3) is 0 Å². The number of aromatic nitrogens is 2. The summed E-state index contributed by atoms with van der Waals surface area (Å²) in [7, 11) is 0. The van der Waals surface area contributed by atoms with Gasteiger partial charge in [0.1, 0.15) is 3.70 Å². The first-order chi connectivity index (χ1) is 6.19. The lowest BCUT2D eigenvalue weighted by molar-refractivity contribution is 0.0513. The molecule has 0 amide bonds. The largest absolute Gasteiger partial charge is 0.460 e. The highest BCUT2D eigenvalue weighted by Crippen LogP contribution is 2.10. The molecule has 0 saturated heterocycles. The molecule has 0 bridgehead atoms. The molecule has 1 N–H and O–H groups in total. The van der Waals surface area contributed by atoms with Crippen LogP contribution in [0.4, 0.5) is 0 Å². The van der Waals surface area contributed by atoms with Crippen molar-refractivity contribution in [2.24, 2.45) is 0 Å². The summed E-state index contributed by atoms with van der Waals surface area (Å²) in [5.41, 5.74) is 0.976. The average Bonchev–Trinajstić information content (AvgIpc) is 2.47. The van der Waals surface area contributed by atoms with Crippen molar-refractivity contribution in [1.29, 1.82) is 0 Å². The SMILES string of the molecule is CCOC(=O)c1nc(I)c(CC)[nH]1. The standard InChI is InChI=1S/C8H11IN2O2/c1-3-5-6(9)11-7(10-5)8(12)13-4-2/h3-4H2,1-2H3,(H,10,11). The highest BCUT2D eigenvalue weighted by atomic mass is 127. The lowest BCUT2D eigenvalue weighted by Crippen LogP contribution is -2.06. The van der Waals surface area contributed by atoms with Crippen LogP contribution in [-0.4, -0.2) is 22.5 Å². The summed E-state index contributed by atoms with van der Waals surface area (Å²) >= 11 is 2.09. The van der Waals surface area contributed by atoms with E-state index in [9.17, 15) is 4.79 Å². The van der Waals surface area contributed by atoms with E-state index in [1.807, 2.05) is 6.92 Å². The molecular formula is C8H11IN2O2. The molecule has 0 atom stereocenters. The van der Waals surface area contributed by atoms with Crippen LogP contribution in [0.15, 0.2) is 0 Å². The first kappa shape index (κ1) is 10.5. The molecule has 1 aromatic heterocycles. The van der Waals surface area contributed by atoms with Crippen LogP contribution in [-0.2, 0) is 11.2 Å². The van der Waals surface area contributed by atoms with Crippen molar-refractivity contribution in [3.63, 3.8) is 0 Å². The fourth-order valence-electron chi connectivity index (χ4n) is 0.918. The highest BCUT2D eigenvalue weighted by molar-refractivity contribution is 14.1. The van der Waals surface area contributed by atoms with Crippen molar-refractivity contribution in [2.45, 2.75) is 20.3 Å². The zero-order valence-electron chi connectivity index (χ0n) is 7.56. The summed E-state index contributed by atoms with van der Waals surface area (Å²) in [6.07, 6.45) is 0.838. The molecule has 72 valence electrons. The fraction of sp³-hybridized carbons (Fsp3) is 0.500. The Bertz CT molecular complexity index is 309. The third kappa shape index (κ3) is 2.43. The number of H-pyrrole nitrogens is 1. The van der Waals surface area contributed by atoms with E-state index in [-0.39, 0.29) is 5.97 Å². The zero-order valence-corrected chi connectivity index (χ0v) is 9.71. The average molecular weight is 294 g/mol. The summed E-state index contributed by atoms with van der Waals surface area (Å²) < 4.78 is 5.64.